The first-order chi connectivity index (χ1) is 25.2. The van der Waals surface area contributed by atoms with Gasteiger partial charge in [-0.2, -0.15) is 0 Å². The van der Waals surface area contributed by atoms with E-state index in [-0.39, 0.29) is 19.1 Å². The van der Waals surface area contributed by atoms with E-state index in [9.17, 15) is 0 Å². The van der Waals surface area contributed by atoms with Gasteiger partial charge >= 0.3 is 316 Å². The van der Waals surface area contributed by atoms with Gasteiger partial charge in [-0.15, -0.1) is 0 Å². The number of halogens is 4. The Labute approximate surface area is 314 Å². The van der Waals surface area contributed by atoms with Gasteiger partial charge in [0.05, 0.1) is 0 Å². The number of allylic oxidation sites excluding steroid dienone is 12. The maximum absolute atomic E-state index is 18.1. The number of aromatic nitrogens is 2. The Morgan fingerprint density at radius 2 is 0.811 bits per heavy atom. The molecular weight excluding hydrogens is 704 g/mol. The van der Waals surface area contributed by atoms with E-state index in [0.29, 0.717) is 43.4 Å². The molecule has 0 aliphatic heterocycles. The summed E-state index contributed by atoms with van der Waals surface area (Å²) in [4.78, 5) is 0. The van der Waals surface area contributed by atoms with E-state index in [2.05, 4.69) is 0 Å². The first-order valence-electron chi connectivity index (χ1n) is 18.0. The standard InChI is InChI=1S/2C18H18F2N.2C5H5.Ti/c2*1-12(2)9-15-6-7-16(10-13(3)4)21(15)18-8-5-14(19)11-17(18)20;2*1-2-4-5-3-1;/h2*5-10H,1-4H3;2*1-3H,4H2;. The van der Waals surface area contributed by atoms with Crippen molar-refractivity contribution in [2.45, 2.75) is 68.2 Å². The second-order valence-corrected chi connectivity index (χ2v) is 20.7. The van der Waals surface area contributed by atoms with Crippen LogP contribution in [0.15, 0.2) is 115 Å². The van der Waals surface area contributed by atoms with Gasteiger partial charge in [0, 0.05) is 0 Å². The molecule has 2 aromatic carbocycles. The molecule has 0 N–H and O–H groups in total. The maximum atomic E-state index is 18.1. The molecule has 0 atom stereocenters. The first kappa shape index (κ1) is 38.1. The zero-order valence-electron chi connectivity index (χ0n) is 31.7. The van der Waals surface area contributed by atoms with E-state index in [1.165, 1.54) is 24.3 Å². The fraction of sp³-hybridized carbons (Fsp3) is 0.217. The van der Waals surface area contributed by atoms with Crippen molar-refractivity contribution in [3.05, 3.63) is 161 Å². The number of benzene rings is 2. The number of hydrogen-bond donors (Lipinski definition) is 0. The van der Waals surface area contributed by atoms with Gasteiger partial charge in [-0.05, 0) is 0 Å². The molecule has 2 aliphatic rings. The molecule has 2 heterocycles. The zero-order valence-corrected chi connectivity index (χ0v) is 33.3. The van der Waals surface area contributed by atoms with Gasteiger partial charge in [-0.3, -0.25) is 0 Å². The van der Waals surface area contributed by atoms with Crippen molar-refractivity contribution in [3.63, 3.8) is 0 Å². The molecule has 272 valence electrons. The molecule has 6 rings (SSSR count). The normalized spacial score (nSPS) is 13.6. The van der Waals surface area contributed by atoms with Crippen LogP contribution in [0.4, 0.5) is 17.6 Å². The van der Waals surface area contributed by atoms with Crippen molar-refractivity contribution in [2.24, 2.45) is 0 Å². The van der Waals surface area contributed by atoms with Crippen molar-refractivity contribution < 1.29 is 34.2 Å². The zero-order chi connectivity index (χ0) is 38.2. The summed E-state index contributed by atoms with van der Waals surface area (Å²) in [5.41, 5.74) is 7.08. The molecule has 4 aromatic rings. The van der Waals surface area contributed by atoms with Gasteiger partial charge in [0.2, 0.25) is 0 Å². The number of rotatable bonds is 10. The van der Waals surface area contributed by atoms with Gasteiger partial charge in [0.15, 0.2) is 0 Å². The average Bonchev–Trinajstić information content (AvgIpc) is 3.90. The molecule has 0 unspecified atom stereocenters. The monoisotopic (exact) mass is 750 g/mol. The van der Waals surface area contributed by atoms with Crippen molar-refractivity contribution in [2.75, 3.05) is 0 Å². The molecule has 53 heavy (non-hydrogen) atoms. The van der Waals surface area contributed by atoms with E-state index in [1.54, 1.807) is 9.13 Å². The quantitative estimate of drug-likeness (QED) is 0.113. The number of nitrogens with zero attached hydrogens (tertiary/aromatic N) is 2. The van der Waals surface area contributed by atoms with E-state index < -0.39 is 39.9 Å². The van der Waals surface area contributed by atoms with Crippen LogP contribution in [0, 0.1) is 23.3 Å². The van der Waals surface area contributed by atoms with Crippen LogP contribution in [0.5, 0.6) is 0 Å². The molecule has 0 saturated heterocycles. The summed E-state index contributed by atoms with van der Waals surface area (Å²) < 4.78 is 74.6. The Hall–Kier alpha value is -4.65. The third-order valence-electron chi connectivity index (χ3n) is 9.51. The summed E-state index contributed by atoms with van der Waals surface area (Å²) in [5, 5.41) is 0. The van der Waals surface area contributed by atoms with Crippen LogP contribution in [0.2, 0.25) is 0 Å². The van der Waals surface area contributed by atoms with E-state index in [4.69, 9.17) is 0 Å². The Bertz CT molecular complexity index is 2110. The molecule has 0 fully saturated rings. The number of hydrogen-bond acceptors (Lipinski definition) is 0. The van der Waals surface area contributed by atoms with Gasteiger partial charge in [0.1, 0.15) is 0 Å². The van der Waals surface area contributed by atoms with Gasteiger partial charge < -0.3 is 0 Å². The molecule has 2 nitrogen and oxygen atoms in total. The Kier molecular flexibility index (Phi) is 11.0. The molecule has 0 radical (unpaired) electrons. The van der Waals surface area contributed by atoms with Gasteiger partial charge in [-0.1, -0.05) is 0 Å². The van der Waals surface area contributed by atoms with Gasteiger partial charge in [0.25, 0.3) is 0 Å². The van der Waals surface area contributed by atoms with E-state index >= 15 is 17.6 Å². The van der Waals surface area contributed by atoms with Crippen molar-refractivity contribution >= 4 is 32.0 Å². The predicted octanol–water partition coefficient (Wildman–Crippen LogP) is 12.3. The summed E-state index contributed by atoms with van der Waals surface area (Å²) in [7, 11) is 0. The molecular formula is C46H46F4N2Ti. The fourth-order valence-electron chi connectivity index (χ4n) is 7.67. The predicted molar refractivity (Wildman–Crippen MR) is 212 cm³/mol. The van der Waals surface area contributed by atoms with Crippen LogP contribution in [-0.2, 0) is 16.6 Å². The van der Waals surface area contributed by atoms with E-state index in [1.807, 2.05) is 140 Å². The second kappa shape index (κ2) is 15.4. The summed E-state index contributed by atoms with van der Waals surface area (Å²) in [6.07, 6.45) is 19.5. The second-order valence-electron chi connectivity index (χ2n) is 14.8. The Morgan fingerprint density at radius 3 is 1.08 bits per heavy atom. The van der Waals surface area contributed by atoms with Crippen molar-refractivity contribution in [3.8, 4) is 11.4 Å². The Balaban J connectivity index is 1.78. The SMILES string of the molecule is CC(C)=Cc1ccc(C=C(C)C)n1-c1ccc(F)[c]([Ti]([C]2=CC=CC2)([C]2=CC=CC2)[c]2c(F)ccc(-n3c(C=C(C)C)ccc3C=C(C)C)c2F)c1F. The first-order valence-corrected chi connectivity index (χ1v) is 21.1. The van der Waals surface area contributed by atoms with Crippen LogP contribution >= 0.6 is 0 Å². The average molecular weight is 751 g/mol. The Morgan fingerprint density at radius 1 is 0.491 bits per heavy atom. The molecule has 0 amide bonds. The van der Waals surface area contributed by atoms with Crippen LogP contribution in [0.25, 0.3) is 35.7 Å². The minimum atomic E-state index is -5.16. The summed E-state index contributed by atoms with van der Waals surface area (Å²) in [5.74, 6) is -3.25. The molecule has 2 aromatic heterocycles. The molecule has 7 heteroatoms. The van der Waals surface area contributed by atoms with Gasteiger partial charge in [-0.25, -0.2) is 0 Å². The van der Waals surface area contributed by atoms with Crippen LogP contribution < -0.4 is 7.74 Å². The van der Waals surface area contributed by atoms with Crippen molar-refractivity contribution in [1.29, 1.82) is 0 Å². The molecule has 0 spiro atoms. The molecule has 2 aliphatic carbocycles. The topological polar surface area (TPSA) is 9.86 Å². The minimum absolute atomic E-state index is 0.124. The summed E-state index contributed by atoms with van der Waals surface area (Å²) >= 11 is -5.16. The summed E-state index contributed by atoms with van der Waals surface area (Å²) in [6, 6.07) is 13.0. The van der Waals surface area contributed by atoms with Crippen molar-refractivity contribution in [1.82, 2.24) is 9.13 Å². The van der Waals surface area contributed by atoms with Crippen LogP contribution in [0.1, 0.15) is 91.0 Å². The van der Waals surface area contributed by atoms with E-state index in [0.717, 1.165) is 22.3 Å². The molecule has 0 saturated carbocycles. The fourth-order valence-corrected chi connectivity index (χ4v) is 15.9. The molecule has 0 bridgehead atoms. The third-order valence-corrected chi connectivity index (χ3v) is 17.4. The summed E-state index contributed by atoms with van der Waals surface area (Å²) in [6.45, 7) is 15.7. The third kappa shape index (κ3) is 7.07. The van der Waals surface area contributed by atoms with Crippen LogP contribution in [0.3, 0.4) is 0 Å². The van der Waals surface area contributed by atoms with Crippen LogP contribution in [-0.4, -0.2) is 9.13 Å².